The molecule has 1 heterocycles. The van der Waals surface area contributed by atoms with E-state index in [0.29, 0.717) is 0 Å². The summed E-state index contributed by atoms with van der Waals surface area (Å²) >= 11 is 1.10. The molecule has 134 valence electrons. The second-order valence-corrected chi connectivity index (χ2v) is 6.68. The van der Waals surface area contributed by atoms with Crippen LogP contribution < -0.4 is 5.32 Å². The Morgan fingerprint density at radius 1 is 1.00 bits per heavy atom. The van der Waals surface area contributed by atoms with E-state index in [4.69, 9.17) is 4.42 Å². The van der Waals surface area contributed by atoms with Crippen LogP contribution in [0.1, 0.15) is 0 Å². The van der Waals surface area contributed by atoms with Gasteiger partial charge in [0.15, 0.2) is 0 Å². The highest BCUT2D eigenvalue weighted by Gasteiger charge is 2.14. The smallest absolute Gasteiger partial charge is 0.277 e. The van der Waals surface area contributed by atoms with E-state index in [1.807, 2.05) is 42.5 Å². The number of nitrogens with zero attached hydrogens (tertiary/aromatic N) is 2. The largest absolute Gasteiger partial charge is 0.411 e. The lowest BCUT2D eigenvalue weighted by atomic mass is 10.1. The molecule has 1 amide bonds. The lowest BCUT2D eigenvalue weighted by Crippen LogP contribution is -2.13. The molecular formula is C20H14FN3O2S. The molecule has 4 aromatic rings. The van der Waals surface area contributed by atoms with E-state index in [0.717, 1.165) is 28.2 Å². The van der Waals surface area contributed by atoms with Crippen LogP contribution in [0.4, 0.5) is 10.1 Å². The number of hydrogen-bond acceptors (Lipinski definition) is 5. The Bertz CT molecular complexity index is 1110. The lowest BCUT2D eigenvalue weighted by molar-refractivity contribution is -0.113. The normalized spacial score (nSPS) is 10.9. The van der Waals surface area contributed by atoms with Crippen LogP contribution in [-0.2, 0) is 4.79 Å². The zero-order valence-electron chi connectivity index (χ0n) is 14.1. The SMILES string of the molecule is O=C(CSc1nnc(-c2ccccc2F)o1)Nc1ccc2ccccc2c1. The summed E-state index contributed by atoms with van der Waals surface area (Å²) in [5.41, 5.74) is 0.953. The first-order valence-corrected chi connectivity index (χ1v) is 9.17. The fourth-order valence-corrected chi connectivity index (χ4v) is 3.17. The third-order valence-corrected chi connectivity index (χ3v) is 4.69. The Labute approximate surface area is 158 Å². The van der Waals surface area contributed by atoms with Gasteiger partial charge in [-0.25, -0.2) is 4.39 Å². The predicted octanol–water partition coefficient (Wildman–Crippen LogP) is 4.76. The maximum Gasteiger partial charge on any atom is 0.277 e. The second-order valence-electron chi connectivity index (χ2n) is 5.75. The lowest BCUT2D eigenvalue weighted by Gasteiger charge is -2.05. The Balaban J connectivity index is 1.38. The Hall–Kier alpha value is -3.19. The van der Waals surface area contributed by atoms with Crippen molar-refractivity contribution in [2.45, 2.75) is 5.22 Å². The van der Waals surface area contributed by atoms with E-state index >= 15 is 0 Å². The first kappa shape index (κ1) is 17.2. The number of carbonyl (C=O) groups is 1. The van der Waals surface area contributed by atoms with E-state index in [1.54, 1.807) is 18.2 Å². The van der Waals surface area contributed by atoms with E-state index < -0.39 is 5.82 Å². The molecule has 1 aromatic heterocycles. The number of hydrogen-bond donors (Lipinski definition) is 1. The van der Waals surface area contributed by atoms with Gasteiger partial charge in [-0.3, -0.25) is 4.79 Å². The van der Waals surface area contributed by atoms with Crippen molar-refractivity contribution in [1.29, 1.82) is 0 Å². The summed E-state index contributed by atoms with van der Waals surface area (Å²) in [5, 5.41) is 12.9. The number of fused-ring (bicyclic) bond motifs is 1. The number of benzene rings is 3. The summed E-state index contributed by atoms with van der Waals surface area (Å²) < 4.78 is 19.2. The Morgan fingerprint density at radius 3 is 2.63 bits per heavy atom. The monoisotopic (exact) mass is 379 g/mol. The van der Waals surface area contributed by atoms with Gasteiger partial charge in [-0.05, 0) is 35.0 Å². The molecule has 0 aliphatic heterocycles. The molecule has 0 saturated carbocycles. The van der Waals surface area contributed by atoms with Crippen LogP contribution in [0.3, 0.4) is 0 Å². The van der Waals surface area contributed by atoms with Crippen molar-refractivity contribution in [3.8, 4) is 11.5 Å². The zero-order chi connectivity index (χ0) is 18.6. The molecule has 3 aromatic carbocycles. The van der Waals surface area contributed by atoms with Crippen LogP contribution in [0.25, 0.3) is 22.2 Å². The minimum Gasteiger partial charge on any atom is -0.411 e. The van der Waals surface area contributed by atoms with Crippen molar-refractivity contribution in [2.24, 2.45) is 0 Å². The van der Waals surface area contributed by atoms with Crippen LogP contribution in [0.2, 0.25) is 0 Å². The summed E-state index contributed by atoms with van der Waals surface area (Å²) in [6.07, 6.45) is 0. The van der Waals surface area contributed by atoms with Gasteiger partial charge in [0.2, 0.25) is 5.91 Å². The summed E-state index contributed by atoms with van der Waals surface area (Å²) in [7, 11) is 0. The van der Waals surface area contributed by atoms with Gasteiger partial charge in [-0.15, -0.1) is 10.2 Å². The number of aromatic nitrogens is 2. The maximum absolute atomic E-state index is 13.8. The van der Waals surface area contributed by atoms with Gasteiger partial charge in [-0.2, -0.15) is 0 Å². The number of nitrogens with one attached hydrogen (secondary N) is 1. The quantitative estimate of drug-likeness (QED) is 0.506. The summed E-state index contributed by atoms with van der Waals surface area (Å²) in [6, 6.07) is 19.8. The van der Waals surface area contributed by atoms with Gasteiger partial charge in [0, 0.05) is 5.69 Å². The minimum atomic E-state index is -0.438. The van der Waals surface area contributed by atoms with Gasteiger partial charge in [0.25, 0.3) is 11.1 Å². The highest BCUT2D eigenvalue weighted by Crippen LogP contribution is 2.25. The van der Waals surface area contributed by atoms with Crippen molar-refractivity contribution < 1.29 is 13.6 Å². The van der Waals surface area contributed by atoms with Crippen molar-refractivity contribution in [3.05, 3.63) is 72.5 Å². The van der Waals surface area contributed by atoms with Gasteiger partial charge in [0.1, 0.15) is 5.82 Å². The molecule has 4 rings (SSSR count). The van der Waals surface area contributed by atoms with Crippen molar-refractivity contribution in [3.63, 3.8) is 0 Å². The third-order valence-electron chi connectivity index (χ3n) is 3.87. The molecule has 0 fully saturated rings. The molecule has 1 N–H and O–H groups in total. The fraction of sp³-hybridized carbons (Fsp3) is 0.0500. The molecule has 0 bridgehead atoms. The van der Waals surface area contributed by atoms with Crippen molar-refractivity contribution in [1.82, 2.24) is 10.2 Å². The third kappa shape index (κ3) is 3.98. The molecule has 0 radical (unpaired) electrons. The van der Waals surface area contributed by atoms with E-state index in [9.17, 15) is 9.18 Å². The number of anilines is 1. The number of halogens is 1. The topological polar surface area (TPSA) is 68.0 Å². The number of amides is 1. The van der Waals surface area contributed by atoms with Crippen LogP contribution in [0.5, 0.6) is 0 Å². The van der Waals surface area contributed by atoms with Crippen LogP contribution in [0, 0.1) is 5.82 Å². The van der Waals surface area contributed by atoms with Crippen molar-refractivity contribution >= 4 is 34.1 Å². The first-order valence-electron chi connectivity index (χ1n) is 8.19. The van der Waals surface area contributed by atoms with Gasteiger partial charge in [0.05, 0.1) is 11.3 Å². The predicted molar refractivity (Wildman–Crippen MR) is 103 cm³/mol. The Kier molecular flexibility index (Phi) is 4.84. The van der Waals surface area contributed by atoms with Gasteiger partial charge >= 0.3 is 0 Å². The van der Waals surface area contributed by atoms with E-state index in [2.05, 4.69) is 15.5 Å². The standard InChI is InChI=1S/C20H14FN3O2S/c21-17-8-4-3-7-16(17)19-23-24-20(26-19)27-12-18(25)22-15-10-9-13-5-1-2-6-14(13)11-15/h1-11H,12H2,(H,22,25). The number of thioether (sulfide) groups is 1. The number of carbonyl (C=O) groups excluding carboxylic acids is 1. The highest BCUT2D eigenvalue weighted by molar-refractivity contribution is 7.99. The molecule has 0 unspecified atom stereocenters. The fourth-order valence-electron chi connectivity index (χ4n) is 2.60. The van der Waals surface area contributed by atoms with E-state index in [-0.39, 0.29) is 28.3 Å². The summed E-state index contributed by atoms with van der Waals surface area (Å²) in [6.45, 7) is 0. The molecule has 7 heteroatoms. The molecule has 0 aliphatic carbocycles. The molecule has 0 aliphatic rings. The molecule has 0 spiro atoms. The molecule has 0 atom stereocenters. The van der Waals surface area contributed by atoms with E-state index in [1.165, 1.54) is 6.07 Å². The average Bonchev–Trinajstić information content (AvgIpc) is 3.15. The summed E-state index contributed by atoms with van der Waals surface area (Å²) in [5.74, 6) is -0.440. The van der Waals surface area contributed by atoms with Gasteiger partial charge in [-0.1, -0.05) is 54.2 Å². The van der Waals surface area contributed by atoms with Gasteiger partial charge < -0.3 is 9.73 Å². The average molecular weight is 379 g/mol. The van der Waals surface area contributed by atoms with Crippen LogP contribution in [0.15, 0.2) is 76.4 Å². The zero-order valence-corrected chi connectivity index (χ0v) is 14.9. The first-order chi connectivity index (χ1) is 13.2. The molecule has 0 saturated heterocycles. The van der Waals surface area contributed by atoms with Crippen LogP contribution >= 0.6 is 11.8 Å². The summed E-state index contributed by atoms with van der Waals surface area (Å²) in [4.78, 5) is 12.2. The maximum atomic E-state index is 13.8. The highest BCUT2D eigenvalue weighted by atomic mass is 32.2. The minimum absolute atomic E-state index is 0.0885. The molecule has 27 heavy (non-hydrogen) atoms. The molecular weight excluding hydrogens is 365 g/mol. The van der Waals surface area contributed by atoms with Crippen molar-refractivity contribution in [2.75, 3.05) is 11.1 Å². The Morgan fingerprint density at radius 2 is 1.78 bits per heavy atom. The van der Waals surface area contributed by atoms with Crippen LogP contribution in [-0.4, -0.2) is 21.9 Å². The number of rotatable bonds is 5. The second kappa shape index (κ2) is 7.59. The molecule has 5 nitrogen and oxygen atoms in total.